The molecule has 1 aliphatic rings. The molecule has 0 spiro atoms. The van der Waals surface area contributed by atoms with Crippen LogP contribution in [0.15, 0.2) is 33.6 Å². The molecule has 14 heavy (non-hydrogen) atoms. The summed E-state index contributed by atoms with van der Waals surface area (Å²) < 4.78 is 15.6. The zero-order valence-electron chi connectivity index (χ0n) is 8.14. The highest BCUT2D eigenvalue weighted by Crippen LogP contribution is 2.27. The topological polar surface area (TPSA) is 35.4 Å². The van der Waals surface area contributed by atoms with Crippen LogP contribution in [0.3, 0.4) is 0 Å². The number of hydrogen-bond acceptors (Lipinski definition) is 2. The van der Waals surface area contributed by atoms with Crippen molar-refractivity contribution in [2.75, 3.05) is 0 Å². The molecule has 2 nitrogen and oxygen atoms in total. The van der Waals surface area contributed by atoms with Crippen molar-refractivity contribution in [2.24, 2.45) is 10.3 Å². The fraction of sp³-hybridized carbons (Fsp3) is 0.364. The smallest absolute Gasteiger partial charge is 0.182 e. The van der Waals surface area contributed by atoms with Gasteiger partial charge >= 0.3 is 0 Å². The van der Waals surface area contributed by atoms with E-state index in [1.165, 1.54) is 18.4 Å². The van der Waals surface area contributed by atoms with Gasteiger partial charge < -0.3 is 4.55 Å². The summed E-state index contributed by atoms with van der Waals surface area (Å²) in [5.74, 6) is 0.587. The minimum absolute atomic E-state index is 0.587. The van der Waals surface area contributed by atoms with Crippen molar-refractivity contribution >= 4 is 17.6 Å². The fourth-order valence-corrected chi connectivity index (χ4v) is 1.88. The Bertz CT molecular complexity index is 330. The van der Waals surface area contributed by atoms with Gasteiger partial charge in [-0.15, -0.1) is 0 Å². The molecule has 0 unspecified atom stereocenters. The van der Waals surface area contributed by atoms with Gasteiger partial charge in [0.25, 0.3) is 0 Å². The molecule has 74 valence electrons. The van der Waals surface area contributed by atoms with Crippen molar-refractivity contribution in [1.29, 1.82) is 0 Å². The molecule has 0 aromatic heterocycles. The second-order valence-electron chi connectivity index (χ2n) is 3.65. The normalized spacial score (nSPS) is 18.7. The molecule has 2 rings (SSSR count). The van der Waals surface area contributed by atoms with Gasteiger partial charge in [0.05, 0.1) is 6.21 Å². The molecule has 1 atom stereocenters. The maximum absolute atomic E-state index is 11.6. The maximum Gasteiger partial charge on any atom is 0.182 e. The average Bonchev–Trinajstić information content (AvgIpc) is 2.99. The van der Waals surface area contributed by atoms with E-state index in [0.29, 0.717) is 5.92 Å². The standard InChI is InChI=1S/C11H13NOS/c1-9-2-6-11(7-3-9)14(13)12-8-10-4-5-10/h2-3,6-8,10H,4-5H2,1H3/b12-8+/t14-/m1/s1. The summed E-state index contributed by atoms with van der Waals surface area (Å²) in [5.41, 5.74) is 1.18. The Labute approximate surface area is 87.4 Å². The van der Waals surface area contributed by atoms with Crippen LogP contribution in [0.25, 0.3) is 0 Å². The van der Waals surface area contributed by atoms with E-state index in [1.807, 2.05) is 37.4 Å². The molecular formula is C11H13NOS. The van der Waals surface area contributed by atoms with Gasteiger partial charge in [0.1, 0.15) is 11.4 Å². The number of hydrogen-bond donors (Lipinski definition) is 0. The van der Waals surface area contributed by atoms with Crippen LogP contribution in [0.4, 0.5) is 0 Å². The molecule has 0 bridgehead atoms. The average molecular weight is 207 g/mol. The van der Waals surface area contributed by atoms with Crippen molar-refractivity contribution in [2.45, 2.75) is 24.7 Å². The van der Waals surface area contributed by atoms with E-state index in [2.05, 4.69) is 4.40 Å². The van der Waals surface area contributed by atoms with Crippen LogP contribution < -0.4 is 0 Å². The molecule has 3 heteroatoms. The second kappa shape index (κ2) is 4.15. The molecule has 0 heterocycles. The SMILES string of the molecule is Cc1ccc([S@@+]([O-])/N=C/C2CC2)cc1. The first kappa shape index (κ1) is 9.74. The highest BCUT2D eigenvalue weighted by molar-refractivity contribution is 7.90. The van der Waals surface area contributed by atoms with Crippen LogP contribution in [0.5, 0.6) is 0 Å². The van der Waals surface area contributed by atoms with E-state index >= 15 is 0 Å². The third-order valence-electron chi connectivity index (χ3n) is 2.21. The summed E-state index contributed by atoms with van der Waals surface area (Å²) in [4.78, 5) is 0.785. The molecule has 0 N–H and O–H groups in total. The minimum Gasteiger partial charge on any atom is -0.586 e. The predicted molar refractivity (Wildman–Crippen MR) is 58.8 cm³/mol. The molecule has 1 fully saturated rings. The van der Waals surface area contributed by atoms with Gasteiger partial charge in [-0.05, 0) is 37.8 Å². The molecule has 1 aromatic carbocycles. The van der Waals surface area contributed by atoms with Gasteiger partial charge in [-0.1, -0.05) is 22.1 Å². The van der Waals surface area contributed by atoms with E-state index in [4.69, 9.17) is 0 Å². The molecule has 1 aliphatic carbocycles. The first-order valence-corrected chi connectivity index (χ1v) is 5.89. The quantitative estimate of drug-likeness (QED) is 0.554. The minimum atomic E-state index is -1.20. The zero-order chi connectivity index (χ0) is 9.97. The van der Waals surface area contributed by atoms with Crippen molar-refractivity contribution in [1.82, 2.24) is 0 Å². The first-order chi connectivity index (χ1) is 6.75. The Morgan fingerprint density at radius 2 is 2.00 bits per heavy atom. The highest BCUT2D eigenvalue weighted by Gasteiger charge is 2.20. The Morgan fingerprint density at radius 1 is 1.36 bits per heavy atom. The number of nitrogens with zero attached hydrogens (tertiary/aromatic N) is 1. The van der Waals surface area contributed by atoms with Crippen molar-refractivity contribution < 1.29 is 4.55 Å². The van der Waals surface area contributed by atoms with Gasteiger partial charge in [0.2, 0.25) is 0 Å². The summed E-state index contributed by atoms with van der Waals surface area (Å²) in [5, 5.41) is 0. The Morgan fingerprint density at radius 3 is 2.57 bits per heavy atom. The Kier molecular flexibility index (Phi) is 2.89. The Hall–Kier alpha value is -0.800. The lowest BCUT2D eigenvalue weighted by Gasteiger charge is -2.01. The monoisotopic (exact) mass is 207 g/mol. The molecule has 0 saturated heterocycles. The third-order valence-corrected chi connectivity index (χ3v) is 3.20. The van der Waals surface area contributed by atoms with Gasteiger partial charge in [-0.3, -0.25) is 0 Å². The van der Waals surface area contributed by atoms with Crippen LogP contribution in [-0.2, 0) is 11.4 Å². The third kappa shape index (κ3) is 2.59. The predicted octanol–water partition coefficient (Wildman–Crippen LogP) is 2.50. The van der Waals surface area contributed by atoms with Crippen molar-refractivity contribution in [3.63, 3.8) is 0 Å². The van der Waals surface area contributed by atoms with Crippen LogP contribution >= 0.6 is 0 Å². The van der Waals surface area contributed by atoms with Gasteiger partial charge in [0, 0.05) is 0 Å². The van der Waals surface area contributed by atoms with Crippen LogP contribution in [-0.4, -0.2) is 10.8 Å². The summed E-state index contributed by atoms with van der Waals surface area (Å²) in [6.45, 7) is 2.01. The van der Waals surface area contributed by atoms with E-state index in [0.717, 1.165) is 4.90 Å². The van der Waals surface area contributed by atoms with E-state index < -0.39 is 11.4 Å². The molecule has 0 aliphatic heterocycles. The van der Waals surface area contributed by atoms with Gasteiger partial charge in [-0.25, -0.2) is 0 Å². The summed E-state index contributed by atoms with van der Waals surface area (Å²) in [7, 11) is 0. The second-order valence-corrected chi connectivity index (χ2v) is 4.83. The number of rotatable bonds is 3. The fourth-order valence-electron chi connectivity index (χ4n) is 1.10. The molecule has 0 amide bonds. The summed E-state index contributed by atoms with van der Waals surface area (Å²) >= 11 is -1.20. The highest BCUT2D eigenvalue weighted by atomic mass is 32.2. The first-order valence-electron chi connectivity index (χ1n) is 4.78. The van der Waals surface area contributed by atoms with Gasteiger partial charge in [-0.2, -0.15) is 0 Å². The van der Waals surface area contributed by atoms with Crippen molar-refractivity contribution in [3.8, 4) is 0 Å². The van der Waals surface area contributed by atoms with Crippen LogP contribution in [0, 0.1) is 12.8 Å². The largest absolute Gasteiger partial charge is 0.586 e. The number of aryl methyl sites for hydroxylation is 1. The van der Waals surface area contributed by atoms with Crippen LogP contribution in [0.2, 0.25) is 0 Å². The molecular weight excluding hydrogens is 194 g/mol. The Balaban J connectivity index is 2.02. The lowest BCUT2D eigenvalue weighted by atomic mass is 10.2. The lowest BCUT2D eigenvalue weighted by molar-refractivity contribution is 0.597. The molecule has 0 radical (unpaired) electrons. The lowest BCUT2D eigenvalue weighted by Crippen LogP contribution is -1.97. The van der Waals surface area contributed by atoms with Gasteiger partial charge in [0.15, 0.2) is 4.90 Å². The van der Waals surface area contributed by atoms with Crippen molar-refractivity contribution in [3.05, 3.63) is 29.8 Å². The molecule has 1 saturated carbocycles. The zero-order valence-corrected chi connectivity index (χ0v) is 8.96. The summed E-state index contributed by atoms with van der Waals surface area (Å²) in [6, 6.07) is 7.66. The summed E-state index contributed by atoms with van der Waals surface area (Å²) in [6.07, 6.45) is 4.24. The van der Waals surface area contributed by atoms with E-state index in [-0.39, 0.29) is 0 Å². The van der Waals surface area contributed by atoms with E-state index in [9.17, 15) is 4.55 Å². The number of benzene rings is 1. The van der Waals surface area contributed by atoms with E-state index in [1.54, 1.807) is 0 Å². The maximum atomic E-state index is 11.6. The molecule has 1 aromatic rings. The van der Waals surface area contributed by atoms with Crippen LogP contribution in [0.1, 0.15) is 18.4 Å².